The van der Waals surface area contributed by atoms with E-state index >= 15 is 0 Å². The summed E-state index contributed by atoms with van der Waals surface area (Å²) in [5, 5.41) is 3.03. The lowest BCUT2D eigenvalue weighted by atomic mass is 9.71. The lowest BCUT2D eigenvalue weighted by Gasteiger charge is -2.47. The summed E-state index contributed by atoms with van der Waals surface area (Å²) in [5.74, 6) is -1.14. The van der Waals surface area contributed by atoms with E-state index in [0.717, 1.165) is 63.1 Å². The number of nitrogens with one attached hydrogen (secondary N) is 1. The highest BCUT2D eigenvalue weighted by molar-refractivity contribution is 6.33. The summed E-state index contributed by atoms with van der Waals surface area (Å²) in [4.78, 5) is 35.1. The number of imidazole rings is 1. The van der Waals surface area contributed by atoms with Gasteiger partial charge in [0.15, 0.2) is 0 Å². The zero-order valence-corrected chi connectivity index (χ0v) is 23.6. The van der Waals surface area contributed by atoms with Crippen LogP contribution >= 0.6 is 11.6 Å². The van der Waals surface area contributed by atoms with Crippen LogP contribution in [0.3, 0.4) is 0 Å². The predicted octanol–water partition coefficient (Wildman–Crippen LogP) is 5.15. The van der Waals surface area contributed by atoms with Crippen molar-refractivity contribution < 1.29 is 14.0 Å². The minimum Gasteiger partial charge on any atom is -0.345 e. The number of rotatable bonds is 5. The van der Waals surface area contributed by atoms with Gasteiger partial charge in [0.1, 0.15) is 5.82 Å². The van der Waals surface area contributed by atoms with Gasteiger partial charge in [-0.3, -0.25) is 14.5 Å². The molecule has 2 aromatic carbocycles. The molecule has 7 nitrogen and oxygen atoms in total. The Balaban J connectivity index is 1.06. The van der Waals surface area contributed by atoms with Gasteiger partial charge in [-0.05, 0) is 92.4 Å². The zero-order valence-electron chi connectivity index (χ0n) is 22.8. The maximum atomic E-state index is 14.3. The van der Waals surface area contributed by atoms with Crippen LogP contribution in [-0.2, 0) is 20.0 Å². The highest BCUT2D eigenvalue weighted by Gasteiger charge is 2.39. The number of piperidine rings is 2. The number of aryl methyl sites for hydroxylation is 2. The highest BCUT2D eigenvalue weighted by Crippen LogP contribution is 2.42. The van der Waals surface area contributed by atoms with Crippen LogP contribution in [0.15, 0.2) is 48.9 Å². The molecule has 3 aromatic rings. The summed E-state index contributed by atoms with van der Waals surface area (Å²) in [6, 6.07) is 9.75. The predicted molar refractivity (Wildman–Crippen MR) is 152 cm³/mol. The number of amides is 2. The maximum absolute atomic E-state index is 14.3. The Labute approximate surface area is 239 Å². The number of halogens is 2. The Morgan fingerprint density at radius 1 is 1.10 bits per heavy atom. The second-order valence-corrected chi connectivity index (χ2v) is 12.0. The molecule has 1 N–H and O–H groups in total. The molecule has 2 fully saturated rings. The molecule has 1 atom stereocenters. The van der Waals surface area contributed by atoms with Gasteiger partial charge in [0.2, 0.25) is 0 Å². The van der Waals surface area contributed by atoms with E-state index in [9.17, 15) is 14.0 Å². The number of hydrogen-bond acceptors (Lipinski definition) is 4. The monoisotopic (exact) mass is 563 g/mol. The van der Waals surface area contributed by atoms with Crippen molar-refractivity contribution in [1.29, 1.82) is 0 Å². The summed E-state index contributed by atoms with van der Waals surface area (Å²) in [6.45, 7) is 4.63. The third-order valence-electron chi connectivity index (χ3n) is 9.30. The Bertz CT molecular complexity index is 1400. The standard InChI is InChI=1S/C31H35ClFN5O2/c1-36-20-34-18-23(36)19-37-13-9-31(10-14-37)11-15-38(16-12-31)30(40)22-6-5-21-7-8-27(24(21)17-22)35-29(39)28-25(32)3-2-4-26(28)33/h2-6,17-18,20,27H,7-16,19H2,1H3,(H,35,39). The first-order chi connectivity index (χ1) is 19.3. The molecule has 9 heteroatoms. The van der Waals surface area contributed by atoms with Gasteiger partial charge in [-0.25, -0.2) is 9.37 Å². The molecule has 40 heavy (non-hydrogen) atoms. The van der Waals surface area contributed by atoms with E-state index in [1.165, 1.54) is 36.7 Å². The molecule has 2 aliphatic heterocycles. The number of carbonyl (C=O) groups is 2. The lowest BCUT2D eigenvalue weighted by molar-refractivity contribution is 0.0281. The Kier molecular flexibility index (Phi) is 7.40. The first-order valence-corrected chi connectivity index (χ1v) is 14.5. The SMILES string of the molecule is Cn1cncc1CN1CCC2(CC1)CCN(C(=O)c1ccc3c(c1)C(NC(=O)c1c(F)cccc1Cl)CC3)CC2. The average Bonchev–Trinajstić information content (AvgIpc) is 3.55. The van der Waals surface area contributed by atoms with Crippen molar-refractivity contribution in [2.45, 2.75) is 51.1 Å². The first-order valence-electron chi connectivity index (χ1n) is 14.2. The fraction of sp³-hybridized carbons (Fsp3) is 0.452. The lowest BCUT2D eigenvalue weighted by Crippen LogP contribution is -2.48. The van der Waals surface area contributed by atoms with Gasteiger partial charge in [0, 0.05) is 38.4 Å². The molecule has 0 radical (unpaired) electrons. The number of hydrogen-bond donors (Lipinski definition) is 1. The summed E-state index contributed by atoms with van der Waals surface area (Å²) in [5.41, 5.74) is 4.10. The molecule has 0 saturated carbocycles. The summed E-state index contributed by atoms with van der Waals surface area (Å²) < 4.78 is 16.4. The quantitative estimate of drug-likeness (QED) is 0.466. The summed E-state index contributed by atoms with van der Waals surface area (Å²) in [6.07, 6.45) is 9.70. The van der Waals surface area contributed by atoms with Gasteiger partial charge in [0.05, 0.1) is 28.6 Å². The molecule has 1 aliphatic carbocycles. The van der Waals surface area contributed by atoms with Crippen molar-refractivity contribution in [1.82, 2.24) is 24.7 Å². The van der Waals surface area contributed by atoms with Crippen molar-refractivity contribution in [2.75, 3.05) is 26.2 Å². The topological polar surface area (TPSA) is 70.5 Å². The first kappa shape index (κ1) is 27.0. The molecular weight excluding hydrogens is 529 g/mol. The summed E-state index contributed by atoms with van der Waals surface area (Å²) >= 11 is 6.10. The smallest absolute Gasteiger partial charge is 0.256 e. The second-order valence-electron chi connectivity index (χ2n) is 11.6. The largest absolute Gasteiger partial charge is 0.345 e. The third-order valence-corrected chi connectivity index (χ3v) is 9.61. The molecule has 0 bridgehead atoms. The fourth-order valence-electron chi connectivity index (χ4n) is 6.65. The van der Waals surface area contributed by atoms with Crippen molar-refractivity contribution >= 4 is 23.4 Å². The van der Waals surface area contributed by atoms with E-state index in [2.05, 4.69) is 19.8 Å². The molecule has 1 spiro atoms. The molecule has 6 rings (SSSR count). The Morgan fingerprint density at radius 2 is 1.85 bits per heavy atom. The van der Waals surface area contributed by atoms with E-state index in [1.807, 2.05) is 42.7 Å². The molecule has 3 heterocycles. The third kappa shape index (κ3) is 5.27. The van der Waals surface area contributed by atoms with E-state index in [-0.39, 0.29) is 22.5 Å². The van der Waals surface area contributed by atoms with Crippen molar-refractivity contribution in [3.63, 3.8) is 0 Å². The molecule has 3 aliphatic rings. The second kappa shape index (κ2) is 11.0. The van der Waals surface area contributed by atoms with Gasteiger partial charge in [-0.1, -0.05) is 23.7 Å². The van der Waals surface area contributed by atoms with Gasteiger partial charge in [0.25, 0.3) is 11.8 Å². The minimum atomic E-state index is -0.644. The van der Waals surface area contributed by atoms with Crippen molar-refractivity contribution in [3.05, 3.63) is 87.7 Å². The number of likely N-dealkylation sites (tertiary alicyclic amines) is 2. The number of carbonyl (C=O) groups excluding carboxylic acids is 2. The number of fused-ring (bicyclic) bond motifs is 1. The van der Waals surface area contributed by atoms with Gasteiger partial charge in [-0.2, -0.15) is 0 Å². The van der Waals surface area contributed by atoms with Crippen LogP contribution in [0.4, 0.5) is 4.39 Å². The van der Waals surface area contributed by atoms with E-state index in [4.69, 9.17) is 11.6 Å². The van der Waals surface area contributed by atoms with Gasteiger partial charge < -0.3 is 14.8 Å². The van der Waals surface area contributed by atoms with E-state index < -0.39 is 11.7 Å². The van der Waals surface area contributed by atoms with Gasteiger partial charge in [-0.15, -0.1) is 0 Å². The minimum absolute atomic E-state index is 0.0421. The summed E-state index contributed by atoms with van der Waals surface area (Å²) in [7, 11) is 2.04. The number of benzene rings is 2. The van der Waals surface area contributed by atoms with Crippen LogP contribution in [0.25, 0.3) is 0 Å². The Morgan fingerprint density at radius 3 is 2.55 bits per heavy atom. The zero-order chi connectivity index (χ0) is 27.9. The fourth-order valence-corrected chi connectivity index (χ4v) is 6.90. The van der Waals surface area contributed by atoms with Crippen LogP contribution in [0.5, 0.6) is 0 Å². The number of nitrogens with zero attached hydrogens (tertiary/aromatic N) is 4. The molecule has 2 saturated heterocycles. The van der Waals surface area contributed by atoms with Crippen LogP contribution in [0.2, 0.25) is 5.02 Å². The van der Waals surface area contributed by atoms with Crippen molar-refractivity contribution in [3.8, 4) is 0 Å². The molecule has 210 valence electrons. The van der Waals surface area contributed by atoms with Crippen LogP contribution in [0.1, 0.15) is 75.7 Å². The molecule has 2 amide bonds. The highest BCUT2D eigenvalue weighted by atomic mass is 35.5. The van der Waals surface area contributed by atoms with E-state index in [0.29, 0.717) is 17.4 Å². The molecule has 1 unspecified atom stereocenters. The maximum Gasteiger partial charge on any atom is 0.256 e. The van der Waals surface area contributed by atoms with Gasteiger partial charge >= 0.3 is 0 Å². The van der Waals surface area contributed by atoms with Crippen LogP contribution in [-0.4, -0.2) is 57.3 Å². The van der Waals surface area contributed by atoms with Crippen LogP contribution < -0.4 is 5.32 Å². The molecule has 1 aromatic heterocycles. The number of aromatic nitrogens is 2. The van der Waals surface area contributed by atoms with E-state index in [1.54, 1.807) is 0 Å². The Hall–Kier alpha value is -3.23. The van der Waals surface area contributed by atoms with Crippen molar-refractivity contribution in [2.24, 2.45) is 12.5 Å². The normalized spacial score (nSPS) is 20.5. The average molecular weight is 564 g/mol. The molecular formula is C31H35ClFN5O2. The van der Waals surface area contributed by atoms with Crippen LogP contribution in [0, 0.1) is 11.2 Å².